The normalized spacial score (nSPS) is 12.5. The van der Waals surface area contributed by atoms with Crippen molar-refractivity contribution in [3.05, 3.63) is 33.1 Å². The maximum atomic E-state index is 11.5. The van der Waals surface area contributed by atoms with Crippen molar-refractivity contribution in [3.63, 3.8) is 0 Å². The van der Waals surface area contributed by atoms with Gasteiger partial charge in [-0.2, -0.15) is 3.71 Å². The van der Waals surface area contributed by atoms with Crippen LogP contribution in [0.1, 0.15) is 5.69 Å². The van der Waals surface area contributed by atoms with Gasteiger partial charge in [0.2, 0.25) is 20.0 Å². The van der Waals surface area contributed by atoms with E-state index in [-0.39, 0.29) is 19.5 Å². The molecule has 0 fully saturated rings. The van der Waals surface area contributed by atoms with E-state index in [1.807, 2.05) is 0 Å². The first-order chi connectivity index (χ1) is 10.4. The zero-order valence-electron chi connectivity index (χ0n) is 12.1. The molecular formula is C10H12ClN3O6S3. The van der Waals surface area contributed by atoms with Crippen molar-refractivity contribution in [3.8, 4) is 0 Å². The second kappa shape index (κ2) is 7.03. The summed E-state index contributed by atoms with van der Waals surface area (Å²) >= 11 is 6.97. The summed E-state index contributed by atoms with van der Waals surface area (Å²) in [6.07, 6.45) is 4.64. The largest absolute Gasteiger partial charge is 0.296 e. The average molecular weight is 402 g/mol. The molecule has 0 bridgehead atoms. The number of sulfonamides is 2. The quantitative estimate of drug-likeness (QED) is 0.399. The molecule has 9 nitrogen and oxygen atoms in total. The molecule has 0 aliphatic heterocycles. The first-order valence-electron chi connectivity index (χ1n) is 5.64. The maximum Gasteiger partial charge on any atom is 0.296 e. The van der Waals surface area contributed by atoms with Crippen molar-refractivity contribution in [2.75, 3.05) is 18.8 Å². The number of thioether (sulfide) groups is 1. The van der Waals surface area contributed by atoms with Gasteiger partial charge in [0.05, 0.1) is 22.5 Å². The number of pyridine rings is 1. The van der Waals surface area contributed by atoms with Crippen LogP contribution in [-0.4, -0.2) is 49.2 Å². The Balaban J connectivity index is 3.49. The van der Waals surface area contributed by atoms with Crippen LogP contribution in [0.5, 0.6) is 0 Å². The molecule has 0 unspecified atom stereocenters. The Labute approximate surface area is 142 Å². The van der Waals surface area contributed by atoms with Gasteiger partial charge in [-0.25, -0.2) is 21.8 Å². The molecule has 0 aliphatic rings. The van der Waals surface area contributed by atoms with Crippen LogP contribution in [0.2, 0.25) is 5.02 Å². The standard InChI is InChI=1S/C10H12ClN3O6S3/c1-21-10-7(11)6-9(14(15)16)8(12-10)4-5-13(22(2,17)18)23(3,19)20/h4-6H,1-3H3. The van der Waals surface area contributed by atoms with Crippen LogP contribution in [0.3, 0.4) is 0 Å². The molecule has 23 heavy (non-hydrogen) atoms. The predicted octanol–water partition coefficient (Wildman–Crippen LogP) is 1.56. The van der Waals surface area contributed by atoms with Gasteiger partial charge in [-0.1, -0.05) is 11.6 Å². The molecule has 0 amide bonds. The lowest BCUT2D eigenvalue weighted by atomic mass is 10.3. The molecule has 1 heterocycles. The molecule has 0 saturated carbocycles. The summed E-state index contributed by atoms with van der Waals surface area (Å²) in [6.45, 7) is 0. The number of nitro groups is 1. The third-order valence-electron chi connectivity index (χ3n) is 2.35. The Hall–Kier alpha value is -1.37. The molecule has 0 saturated heterocycles. The van der Waals surface area contributed by atoms with Crippen molar-refractivity contribution in [1.82, 2.24) is 8.69 Å². The van der Waals surface area contributed by atoms with E-state index in [0.717, 1.165) is 23.9 Å². The van der Waals surface area contributed by atoms with Gasteiger partial charge in [0.25, 0.3) is 5.69 Å². The zero-order valence-corrected chi connectivity index (χ0v) is 15.3. The van der Waals surface area contributed by atoms with Gasteiger partial charge in [0, 0.05) is 12.3 Å². The highest BCUT2D eigenvalue weighted by molar-refractivity contribution is 8.03. The number of rotatable bonds is 6. The smallest absolute Gasteiger partial charge is 0.258 e. The molecule has 0 radical (unpaired) electrons. The van der Waals surface area contributed by atoms with Gasteiger partial charge < -0.3 is 0 Å². The van der Waals surface area contributed by atoms with Crippen molar-refractivity contribution < 1.29 is 21.8 Å². The van der Waals surface area contributed by atoms with Crippen LogP contribution < -0.4 is 0 Å². The monoisotopic (exact) mass is 401 g/mol. The van der Waals surface area contributed by atoms with E-state index in [0.29, 0.717) is 18.7 Å². The minimum absolute atomic E-state index is 0.0597. The fourth-order valence-electron chi connectivity index (χ4n) is 1.49. The number of hydrogen-bond donors (Lipinski definition) is 0. The minimum atomic E-state index is -4.12. The summed E-state index contributed by atoms with van der Waals surface area (Å²) in [5, 5.41) is 11.4. The molecule has 0 aliphatic carbocycles. The Morgan fingerprint density at radius 1 is 1.30 bits per heavy atom. The van der Waals surface area contributed by atoms with Crippen LogP contribution in [0.15, 0.2) is 17.3 Å². The van der Waals surface area contributed by atoms with Gasteiger partial charge >= 0.3 is 0 Å². The summed E-state index contributed by atoms with van der Waals surface area (Å²) in [7, 11) is -8.24. The first kappa shape index (κ1) is 19.7. The van der Waals surface area contributed by atoms with Gasteiger partial charge in [0.1, 0.15) is 10.7 Å². The molecule has 0 spiro atoms. The van der Waals surface area contributed by atoms with Crippen LogP contribution in [-0.2, 0) is 20.0 Å². The van der Waals surface area contributed by atoms with Crippen LogP contribution in [0, 0.1) is 10.1 Å². The van der Waals surface area contributed by atoms with Gasteiger partial charge in [-0.05, 0) is 12.3 Å². The molecule has 128 valence electrons. The van der Waals surface area contributed by atoms with Crippen molar-refractivity contribution in [2.45, 2.75) is 5.03 Å². The molecule has 1 rings (SSSR count). The Kier molecular flexibility index (Phi) is 6.01. The lowest BCUT2D eigenvalue weighted by Gasteiger charge is -2.14. The van der Waals surface area contributed by atoms with Gasteiger partial charge in [0.15, 0.2) is 0 Å². The average Bonchev–Trinajstić information content (AvgIpc) is 2.36. The van der Waals surface area contributed by atoms with E-state index in [4.69, 9.17) is 11.6 Å². The lowest BCUT2D eigenvalue weighted by molar-refractivity contribution is -0.385. The van der Waals surface area contributed by atoms with E-state index < -0.39 is 30.7 Å². The summed E-state index contributed by atoms with van der Waals surface area (Å²) in [5.74, 6) is 0. The Morgan fingerprint density at radius 2 is 1.83 bits per heavy atom. The predicted molar refractivity (Wildman–Crippen MR) is 88.2 cm³/mol. The lowest BCUT2D eigenvalue weighted by Crippen LogP contribution is -2.30. The van der Waals surface area contributed by atoms with Crippen molar-refractivity contribution in [2.24, 2.45) is 0 Å². The molecule has 13 heteroatoms. The second-order valence-electron chi connectivity index (χ2n) is 4.21. The second-order valence-corrected chi connectivity index (χ2v) is 9.36. The maximum absolute atomic E-state index is 11.5. The van der Waals surface area contributed by atoms with E-state index in [1.165, 1.54) is 0 Å². The van der Waals surface area contributed by atoms with E-state index >= 15 is 0 Å². The molecule has 0 atom stereocenters. The van der Waals surface area contributed by atoms with Crippen LogP contribution in [0.25, 0.3) is 6.08 Å². The van der Waals surface area contributed by atoms with E-state index in [1.54, 1.807) is 6.26 Å². The minimum Gasteiger partial charge on any atom is -0.258 e. The highest BCUT2D eigenvalue weighted by atomic mass is 35.5. The van der Waals surface area contributed by atoms with Crippen molar-refractivity contribution in [1.29, 1.82) is 0 Å². The summed E-state index contributed by atoms with van der Waals surface area (Å²) in [4.78, 5) is 14.2. The topological polar surface area (TPSA) is 128 Å². The van der Waals surface area contributed by atoms with E-state index in [2.05, 4.69) is 4.98 Å². The van der Waals surface area contributed by atoms with Crippen molar-refractivity contribution >= 4 is 55.2 Å². The fraction of sp³-hybridized carbons (Fsp3) is 0.300. The number of nitrogens with zero attached hydrogens (tertiary/aromatic N) is 3. The van der Waals surface area contributed by atoms with Gasteiger partial charge in [-0.3, -0.25) is 10.1 Å². The van der Waals surface area contributed by atoms with Crippen LogP contribution >= 0.6 is 23.4 Å². The number of aromatic nitrogens is 1. The molecule has 0 N–H and O–H groups in total. The number of hydrogen-bond acceptors (Lipinski definition) is 8. The number of halogens is 1. The zero-order chi connectivity index (χ0) is 18.0. The van der Waals surface area contributed by atoms with Crippen LogP contribution in [0.4, 0.5) is 5.69 Å². The summed E-state index contributed by atoms with van der Waals surface area (Å²) in [5.41, 5.74) is -0.702. The van der Waals surface area contributed by atoms with Gasteiger partial charge in [-0.15, -0.1) is 11.8 Å². The third-order valence-corrected chi connectivity index (χ3v) is 6.62. The molecule has 1 aromatic heterocycles. The fourth-order valence-corrected chi connectivity index (χ4v) is 4.84. The molecule has 0 aromatic carbocycles. The Morgan fingerprint density at radius 3 is 2.22 bits per heavy atom. The molecule has 1 aromatic rings. The third kappa shape index (κ3) is 5.06. The summed E-state index contributed by atoms with van der Waals surface area (Å²) in [6, 6.07) is 1.06. The SMILES string of the molecule is CSc1nc(C=CN(S(C)(=O)=O)S(C)(=O)=O)c([N+](=O)[O-])cc1Cl. The molecular weight excluding hydrogens is 390 g/mol. The highest BCUT2D eigenvalue weighted by Crippen LogP contribution is 2.30. The Bertz CT molecular complexity index is 834. The highest BCUT2D eigenvalue weighted by Gasteiger charge is 2.24. The van der Waals surface area contributed by atoms with E-state index in [9.17, 15) is 26.9 Å². The summed E-state index contributed by atoms with van der Waals surface area (Å²) < 4.78 is 46.1. The first-order valence-corrected chi connectivity index (χ1v) is 10.9.